The maximum atomic E-state index is 11.1. The van der Waals surface area contributed by atoms with Crippen molar-refractivity contribution in [3.63, 3.8) is 0 Å². The number of carbonyl (C=O) groups is 3. The molecule has 5 N–H and O–H groups in total. The number of benzene rings is 1. The Bertz CT molecular complexity index is 543. The topological polar surface area (TPSA) is 139 Å². The van der Waals surface area contributed by atoms with Crippen LogP contribution in [-0.2, 0) is 32.1 Å². The molecule has 0 fully saturated rings. The lowest BCUT2D eigenvalue weighted by atomic mass is 10.0. The van der Waals surface area contributed by atoms with Crippen LogP contribution in [-0.4, -0.2) is 47.3 Å². The third-order valence-corrected chi connectivity index (χ3v) is 3.02. The van der Waals surface area contributed by atoms with Gasteiger partial charge in [0.05, 0.1) is 6.61 Å². The van der Waals surface area contributed by atoms with E-state index in [1.807, 2.05) is 5.32 Å². The summed E-state index contributed by atoms with van der Waals surface area (Å²) in [6.07, 6.45) is 0.768. The van der Waals surface area contributed by atoms with E-state index >= 15 is 0 Å². The predicted octanol–water partition coefficient (Wildman–Crippen LogP) is -0.251. The quantitative estimate of drug-likeness (QED) is 0.363. The Hall–Kier alpha value is -2.45. The van der Waals surface area contributed by atoms with Gasteiger partial charge in [-0.15, -0.1) is 0 Å². The van der Waals surface area contributed by atoms with E-state index < -0.39 is 23.9 Å². The fraction of sp³-hybridized carbons (Fsp3) is 0.400. The van der Waals surface area contributed by atoms with Crippen molar-refractivity contribution in [2.45, 2.75) is 25.5 Å². The third-order valence-electron chi connectivity index (χ3n) is 3.02. The van der Waals surface area contributed by atoms with Crippen LogP contribution in [0, 0.1) is 0 Å². The molecule has 0 aromatic heterocycles. The van der Waals surface area contributed by atoms with Crippen LogP contribution in [0.15, 0.2) is 24.3 Å². The normalized spacial score (nSPS) is 11.7. The summed E-state index contributed by atoms with van der Waals surface area (Å²) in [5.74, 6) is -4.36. The number of ether oxygens (including phenoxy) is 1. The lowest BCUT2D eigenvalue weighted by molar-refractivity contribution is -0.152. The van der Waals surface area contributed by atoms with E-state index in [2.05, 4.69) is 0 Å². The Balaban J connectivity index is 2.58. The molecule has 0 aliphatic carbocycles. The molecule has 0 aliphatic heterocycles. The van der Waals surface area contributed by atoms with Crippen LogP contribution in [0.1, 0.15) is 17.5 Å². The zero-order chi connectivity index (χ0) is 17.2. The van der Waals surface area contributed by atoms with Crippen molar-refractivity contribution in [1.29, 1.82) is 0 Å². The van der Waals surface area contributed by atoms with Gasteiger partial charge in [-0.25, -0.2) is 9.59 Å². The van der Waals surface area contributed by atoms with Gasteiger partial charge in [0.2, 0.25) is 0 Å². The van der Waals surface area contributed by atoms with Crippen LogP contribution in [0.3, 0.4) is 0 Å². The molecule has 8 heteroatoms. The van der Waals surface area contributed by atoms with Gasteiger partial charge in [-0.1, -0.05) is 24.3 Å². The van der Waals surface area contributed by atoms with Crippen molar-refractivity contribution in [3.8, 4) is 0 Å². The van der Waals surface area contributed by atoms with E-state index in [9.17, 15) is 14.4 Å². The molecule has 1 amide bonds. The molecule has 1 unspecified atom stereocenters. The summed E-state index contributed by atoms with van der Waals surface area (Å²) in [6.45, 7) is 1.57. The minimum absolute atomic E-state index is 0.0112. The summed E-state index contributed by atoms with van der Waals surface area (Å²) in [5.41, 5.74) is 6.94. The molecule has 8 nitrogen and oxygen atoms in total. The van der Waals surface area contributed by atoms with Gasteiger partial charge in [0.15, 0.2) is 0 Å². The average molecular weight is 324 g/mol. The molecule has 0 bridgehead atoms. The first-order chi connectivity index (χ1) is 10.9. The molecule has 1 rings (SSSR count). The van der Waals surface area contributed by atoms with E-state index in [0.29, 0.717) is 25.3 Å². The van der Waals surface area contributed by atoms with Gasteiger partial charge in [0.25, 0.3) is 0 Å². The standard InChI is InChI=1S/C15H20N2O6/c16-6-1-7-23-9-11-4-2-10(3-5-11)8-12(14(19)20)17-13(18)15(21)22/h2-5,12H,1,6-9,16H2,(H,17,18)(H,19,20)(H,21,22). The number of nitrogens with two attached hydrogens (primary N) is 1. The number of hydrogen-bond donors (Lipinski definition) is 4. The van der Waals surface area contributed by atoms with Gasteiger partial charge in [-0.2, -0.15) is 0 Å². The summed E-state index contributed by atoms with van der Waals surface area (Å²) in [4.78, 5) is 32.6. The van der Waals surface area contributed by atoms with Gasteiger partial charge in [-0.05, 0) is 24.1 Å². The minimum Gasteiger partial charge on any atom is -0.480 e. The monoisotopic (exact) mass is 324 g/mol. The van der Waals surface area contributed by atoms with Gasteiger partial charge in [0, 0.05) is 13.0 Å². The predicted molar refractivity (Wildman–Crippen MR) is 80.7 cm³/mol. The lowest BCUT2D eigenvalue weighted by Crippen LogP contribution is -2.45. The number of carboxylic acid groups (broad SMARTS) is 2. The molecule has 1 aromatic rings. The van der Waals surface area contributed by atoms with Gasteiger partial charge in [-0.3, -0.25) is 4.79 Å². The van der Waals surface area contributed by atoms with Crippen molar-refractivity contribution in [2.75, 3.05) is 13.2 Å². The molecule has 126 valence electrons. The van der Waals surface area contributed by atoms with Gasteiger partial charge >= 0.3 is 17.8 Å². The van der Waals surface area contributed by atoms with Crippen LogP contribution in [0.5, 0.6) is 0 Å². The van der Waals surface area contributed by atoms with E-state index in [-0.39, 0.29) is 6.42 Å². The summed E-state index contributed by atoms with van der Waals surface area (Å²) in [5, 5.41) is 19.5. The van der Waals surface area contributed by atoms with Crippen molar-refractivity contribution >= 4 is 17.8 Å². The highest BCUT2D eigenvalue weighted by atomic mass is 16.5. The Morgan fingerprint density at radius 2 is 1.74 bits per heavy atom. The molecule has 1 aromatic carbocycles. The Labute approximate surface area is 133 Å². The van der Waals surface area contributed by atoms with Gasteiger partial charge in [0.1, 0.15) is 6.04 Å². The molecular formula is C15H20N2O6. The van der Waals surface area contributed by atoms with Crippen LogP contribution in [0.4, 0.5) is 0 Å². The number of aliphatic carboxylic acids is 2. The molecule has 0 heterocycles. The second-order valence-electron chi connectivity index (χ2n) is 4.88. The Kier molecular flexibility index (Phi) is 7.72. The lowest BCUT2D eigenvalue weighted by Gasteiger charge is -2.13. The summed E-state index contributed by atoms with van der Waals surface area (Å²) in [6, 6.07) is 5.70. The van der Waals surface area contributed by atoms with Crippen molar-refractivity contribution in [3.05, 3.63) is 35.4 Å². The SMILES string of the molecule is NCCCOCc1ccc(CC(NC(=O)C(=O)O)C(=O)O)cc1. The number of hydrogen-bond acceptors (Lipinski definition) is 5. The van der Waals surface area contributed by atoms with Crippen molar-refractivity contribution in [2.24, 2.45) is 5.73 Å². The number of carbonyl (C=O) groups excluding carboxylic acids is 1. The molecule has 0 aliphatic rings. The number of rotatable bonds is 9. The highest BCUT2D eigenvalue weighted by Gasteiger charge is 2.23. The van der Waals surface area contributed by atoms with Crippen LogP contribution in [0.2, 0.25) is 0 Å². The second-order valence-corrected chi connectivity index (χ2v) is 4.88. The first-order valence-corrected chi connectivity index (χ1v) is 7.06. The highest BCUT2D eigenvalue weighted by Crippen LogP contribution is 2.09. The summed E-state index contributed by atoms with van der Waals surface area (Å²) >= 11 is 0. The summed E-state index contributed by atoms with van der Waals surface area (Å²) < 4.78 is 5.40. The number of carboxylic acids is 2. The fourth-order valence-electron chi connectivity index (χ4n) is 1.80. The van der Waals surface area contributed by atoms with Crippen molar-refractivity contribution < 1.29 is 29.3 Å². The molecular weight excluding hydrogens is 304 g/mol. The second kappa shape index (κ2) is 9.54. The molecule has 0 spiro atoms. The first-order valence-electron chi connectivity index (χ1n) is 7.06. The maximum Gasteiger partial charge on any atom is 0.394 e. The maximum absolute atomic E-state index is 11.1. The Morgan fingerprint density at radius 3 is 2.26 bits per heavy atom. The number of amides is 1. The van der Waals surface area contributed by atoms with Crippen LogP contribution in [0.25, 0.3) is 0 Å². The van der Waals surface area contributed by atoms with Gasteiger partial charge < -0.3 is 26.0 Å². The van der Waals surface area contributed by atoms with Crippen molar-refractivity contribution in [1.82, 2.24) is 5.32 Å². The van der Waals surface area contributed by atoms with Crippen LogP contribution < -0.4 is 11.1 Å². The van der Waals surface area contributed by atoms with E-state index in [0.717, 1.165) is 12.0 Å². The summed E-state index contributed by atoms with van der Waals surface area (Å²) in [7, 11) is 0. The zero-order valence-electron chi connectivity index (χ0n) is 12.5. The van der Waals surface area contributed by atoms with E-state index in [4.69, 9.17) is 20.7 Å². The third kappa shape index (κ3) is 6.90. The molecule has 0 radical (unpaired) electrons. The molecule has 23 heavy (non-hydrogen) atoms. The Morgan fingerprint density at radius 1 is 1.13 bits per heavy atom. The largest absolute Gasteiger partial charge is 0.480 e. The van der Waals surface area contributed by atoms with Crippen LogP contribution >= 0.6 is 0 Å². The molecule has 0 saturated heterocycles. The van der Waals surface area contributed by atoms with E-state index in [1.165, 1.54) is 0 Å². The van der Waals surface area contributed by atoms with E-state index in [1.54, 1.807) is 24.3 Å². The molecule has 1 atom stereocenters. The zero-order valence-corrected chi connectivity index (χ0v) is 12.5. The fourth-order valence-corrected chi connectivity index (χ4v) is 1.80. The average Bonchev–Trinajstić information content (AvgIpc) is 2.52. The number of nitrogens with one attached hydrogen (secondary N) is 1. The molecule has 0 saturated carbocycles. The smallest absolute Gasteiger partial charge is 0.394 e. The first kappa shape index (κ1) is 18.6. The highest BCUT2D eigenvalue weighted by molar-refractivity contribution is 6.31. The minimum atomic E-state index is -1.72.